The number of benzene rings is 2. The molecule has 2 aliphatic rings. The number of rotatable bonds is 4. The summed E-state index contributed by atoms with van der Waals surface area (Å²) in [6, 6.07) is 16.5. The first-order valence-electron chi connectivity index (χ1n) is 9.96. The number of aromatic hydroxyl groups is 1. The van der Waals surface area contributed by atoms with E-state index in [-0.39, 0.29) is 29.5 Å². The second-order valence-electron chi connectivity index (χ2n) is 7.39. The van der Waals surface area contributed by atoms with Crippen LogP contribution < -0.4 is 5.32 Å². The molecule has 1 aromatic heterocycles. The van der Waals surface area contributed by atoms with Crippen molar-refractivity contribution in [2.24, 2.45) is 16.1 Å². The predicted octanol–water partition coefficient (Wildman–Crippen LogP) is 4.12. The van der Waals surface area contributed by atoms with E-state index >= 15 is 0 Å². The fourth-order valence-corrected chi connectivity index (χ4v) is 4.38. The molecule has 8 heteroatoms. The summed E-state index contributed by atoms with van der Waals surface area (Å²) in [5, 5.41) is 26.6. The van der Waals surface area contributed by atoms with Crippen LogP contribution in [0.2, 0.25) is 0 Å². The van der Waals surface area contributed by atoms with E-state index < -0.39 is 6.04 Å². The maximum atomic E-state index is 12.8. The number of hydrogen-bond acceptors (Lipinski definition) is 7. The van der Waals surface area contributed by atoms with Gasteiger partial charge in [0.1, 0.15) is 6.04 Å². The van der Waals surface area contributed by atoms with Crippen LogP contribution in [-0.4, -0.2) is 33.5 Å². The molecule has 152 valence electrons. The molecule has 0 fully saturated rings. The summed E-state index contributed by atoms with van der Waals surface area (Å²) < 4.78 is 7.05. The zero-order valence-electron chi connectivity index (χ0n) is 16.4. The van der Waals surface area contributed by atoms with Gasteiger partial charge in [-0.3, -0.25) is 0 Å². The summed E-state index contributed by atoms with van der Waals surface area (Å²) in [4.78, 5) is 12.8. The van der Waals surface area contributed by atoms with E-state index in [0.29, 0.717) is 18.1 Å². The zero-order chi connectivity index (χ0) is 20.7. The van der Waals surface area contributed by atoms with Gasteiger partial charge in [0.2, 0.25) is 0 Å². The van der Waals surface area contributed by atoms with E-state index in [2.05, 4.69) is 26.7 Å². The monoisotopic (exact) mass is 403 g/mol. The van der Waals surface area contributed by atoms with Gasteiger partial charge in [-0.25, -0.2) is 9.48 Å². The summed E-state index contributed by atoms with van der Waals surface area (Å²) in [6.45, 7) is 2.09. The Labute approximate surface area is 173 Å². The van der Waals surface area contributed by atoms with Gasteiger partial charge in [0.05, 0.1) is 18.3 Å². The van der Waals surface area contributed by atoms with Crippen molar-refractivity contribution in [3.05, 3.63) is 65.7 Å². The van der Waals surface area contributed by atoms with Gasteiger partial charge in [0.25, 0.3) is 5.88 Å². The van der Waals surface area contributed by atoms with Gasteiger partial charge >= 0.3 is 5.97 Å². The summed E-state index contributed by atoms with van der Waals surface area (Å²) in [6.07, 6.45) is 0.720. The minimum absolute atomic E-state index is 0.0767. The van der Waals surface area contributed by atoms with Gasteiger partial charge in [0.15, 0.2) is 11.5 Å². The van der Waals surface area contributed by atoms with E-state index in [1.807, 2.05) is 48.5 Å². The molecule has 0 saturated carbocycles. The summed E-state index contributed by atoms with van der Waals surface area (Å²) >= 11 is 0. The number of nitrogens with one attached hydrogen (secondary N) is 1. The van der Waals surface area contributed by atoms with Crippen LogP contribution in [0.4, 0.5) is 17.2 Å². The highest BCUT2D eigenvalue weighted by atomic mass is 16.5. The number of carbonyl (C=O) groups is 1. The first kappa shape index (κ1) is 18.4. The van der Waals surface area contributed by atoms with Crippen LogP contribution in [-0.2, 0) is 16.0 Å². The molecule has 8 nitrogen and oxygen atoms in total. The standard InChI is InChI=1S/C22H21N5O3/c1-2-30-22(29)17-16-12-13-8-6-7-11-15(13)19(16)27-20(23-17)18(21(28)26-27)25-24-14-9-4-3-5-10-14/h3-11,16-17,19,23H,2,12H2,1H3,(H,26,28)/b25-24+. The van der Waals surface area contributed by atoms with Crippen LogP contribution in [0.25, 0.3) is 0 Å². The number of anilines is 1. The van der Waals surface area contributed by atoms with Gasteiger partial charge in [0, 0.05) is 5.92 Å². The molecule has 0 bridgehead atoms. The minimum atomic E-state index is -0.573. The van der Waals surface area contributed by atoms with Crippen LogP contribution in [0.15, 0.2) is 64.8 Å². The van der Waals surface area contributed by atoms with E-state index in [0.717, 1.165) is 12.0 Å². The van der Waals surface area contributed by atoms with Gasteiger partial charge in [-0.05, 0) is 36.6 Å². The highest BCUT2D eigenvalue weighted by molar-refractivity contribution is 5.83. The number of azo groups is 1. The predicted molar refractivity (Wildman–Crippen MR) is 110 cm³/mol. The van der Waals surface area contributed by atoms with Crippen LogP contribution in [0.5, 0.6) is 5.88 Å². The minimum Gasteiger partial charge on any atom is -0.491 e. The number of fused-ring (bicyclic) bond motifs is 5. The Morgan fingerprint density at radius 1 is 1.20 bits per heavy atom. The van der Waals surface area contributed by atoms with E-state index in [1.54, 1.807) is 11.6 Å². The Balaban J connectivity index is 1.61. The first-order valence-corrected chi connectivity index (χ1v) is 9.96. The number of hydrogen-bond donors (Lipinski definition) is 2. The summed E-state index contributed by atoms with van der Waals surface area (Å²) in [7, 11) is 0. The topological polar surface area (TPSA) is 101 Å². The Hall–Kier alpha value is -3.68. The molecule has 30 heavy (non-hydrogen) atoms. The van der Waals surface area contributed by atoms with E-state index in [4.69, 9.17) is 4.74 Å². The molecule has 3 unspecified atom stereocenters. The molecule has 5 rings (SSSR count). The number of ether oxygens (including phenoxy) is 1. The lowest BCUT2D eigenvalue weighted by atomic mass is 9.90. The molecule has 3 atom stereocenters. The van der Waals surface area contributed by atoms with Crippen molar-refractivity contribution >= 4 is 23.2 Å². The van der Waals surface area contributed by atoms with Crippen molar-refractivity contribution in [2.75, 3.05) is 11.9 Å². The van der Waals surface area contributed by atoms with Gasteiger partial charge < -0.3 is 15.2 Å². The number of esters is 1. The summed E-state index contributed by atoms with van der Waals surface area (Å²) in [5.74, 6) is -0.168. The number of nitrogens with zero attached hydrogens (tertiary/aromatic N) is 4. The molecular formula is C22H21N5O3. The van der Waals surface area contributed by atoms with Crippen molar-refractivity contribution < 1.29 is 14.6 Å². The molecule has 0 spiro atoms. The Bertz CT molecular complexity index is 1130. The Morgan fingerprint density at radius 3 is 2.77 bits per heavy atom. The van der Waals surface area contributed by atoms with Gasteiger partial charge in [-0.15, -0.1) is 10.2 Å². The fraction of sp³-hybridized carbons (Fsp3) is 0.273. The van der Waals surface area contributed by atoms with Gasteiger partial charge in [-0.1, -0.05) is 42.5 Å². The average Bonchev–Trinajstić information content (AvgIpc) is 3.29. The maximum absolute atomic E-state index is 12.8. The largest absolute Gasteiger partial charge is 0.491 e. The van der Waals surface area contributed by atoms with Crippen molar-refractivity contribution in [3.8, 4) is 5.88 Å². The number of carbonyl (C=O) groups excluding carboxylic acids is 1. The van der Waals surface area contributed by atoms with Gasteiger partial charge in [-0.2, -0.15) is 5.11 Å². The van der Waals surface area contributed by atoms with E-state index in [9.17, 15) is 9.90 Å². The molecule has 1 aliphatic carbocycles. The summed E-state index contributed by atoms with van der Waals surface area (Å²) in [5.41, 5.74) is 3.11. The molecule has 0 saturated heterocycles. The second kappa shape index (κ2) is 7.29. The van der Waals surface area contributed by atoms with Crippen LogP contribution >= 0.6 is 0 Å². The smallest absolute Gasteiger partial charge is 0.328 e. The van der Waals surface area contributed by atoms with Crippen LogP contribution in [0, 0.1) is 5.92 Å². The maximum Gasteiger partial charge on any atom is 0.328 e. The van der Waals surface area contributed by atoms with Crippen molar-refractivity contribution in [2.45, 2.75) is 25.4 Å². The number of aromatic nitrogens is 2. The molecule has 1 aliphatic heterocycles. The van der Waals surface area contributed by atoms with Crippen molar-refractivity contribution in [1.29, 1.82) is 0 Å². The Morgan fingerprint density at radius 2 is 1.97 bits per heavy atom. The SMILES string of the molecule is CCOC(=O)C1Nc2c(/N=N/c3ccccc3)c(O)nn2C2c3ccccc3CC12. The first-order chi connectivity index (χ1) is 14.7. The molecule has 3 aromatic rings. The lowest BCUT2D eigenvalue weighted by Crippen LogP contribution is -2.46. The fourth-order valence-electron chi connectivity index (χ4n) is 4.38. The highest BCUT2D eigenvalue weighted by Gasteiger charge is 2.48. The second-order valence-corrected chi connectivity index (χ2v) is 7.39. The third-order valence-electron chi connectivity index (χ3n) is 5.65. The third-order valence-corrected chi connectivity index (χ3v) is 5.65. The molecular weight excluding hydrogens is 382 g/mol. The average molecular weight is 403 g/mol. The molecule has 0 amide bonds. The normalized spacial score (nSPS) is 21.6. The quantitative estimate of drug-likeness (QED) is 0.504. The van der Waals surface area contributed by atoms with Crippen LogP contribution in [0.1, 0.15) is 24.1 Å². The lowest BCUT2D eigenvalue weighted by Gasteiger charge is -2.34. The Kier molecular flexibility index (Phi) is 4.46. The van der Waals surface area contributed by atoms with Crippen molar-refractivity contribution in [1.82, 2.24) is 9.78 Å². The molecule has 0 radical (unpaired) electrons. The molecule has 2 N–H and O–H groups in total. The molecule has 2 heterocycles. The zero-order valence-corrected chi connectivity index (χ0v) is 16.4. The van der Waals surface area contributed by atoms with Crippen LogP contribution in [0.3, 0.4) is 0 Å². The molecule has 2 aromatic carbocycles. The highest BCUT2D eigenvalue weighted by Crippen LogP contribution is 2.50. The van der Waals surface area contributed by atoms with Crippen molar-refractivity contribution in [3.63, 3.8) is 0 Å². The lowest BCUT2D eigenvalue weighted by molar-refractivity contribution is -0.145. The van der Waals surface area contributed by atoms with E-state index in [1.165, 1.54) is 5.56 Å². The third kappa shape index (κ3) is 2.92.